The van der Waals surface area contributed by atoms with Crippen LogP contribution in [0.25, 0.3) is 0 Å². The summed E-state index contributed by atoms with van der Waals surface area (Å²) in [5.74, 6) is 0.545. The highest BCUT2D eigenvalue weighted by molar-refractivity contribution is 5.80. The smallest absolute Gasteiger partial charge is 0.305 e. The first-order valence-corrected chi connectivity index (χ1v) is 9.72. The Labute approximate surface area is 170 Å². The molecule has 0 saturated carbocycles. The zero-order valence-corrected chi connectivity index (χ0v) is 16.4. The first-order valence-electron chi connectivity index (χ1n) is 9.72. The number of ether oxygens (including phenoxy) is 2. The third kappa shape index (κ3) is 3.90. The van der Waals surface area contributed by atoms with Crippen molar-refractivity contribution in [3.63, 3.8) is 0 Å². The second-order valence-corrected chi connectivity index (χ2v) is 6.97. The predicted octanol–water partition coefficient (Wildman–Crippen LogP) is 4.76. The molecule has 5 heteroatoms. The molecule has 0 bridgehead atoms. The van der Waals surface area contributed by atoms with E-state index in [0.717, 1.165) is 28.3 Å². The summed E-state index contributed by atoms with van der Waals surface area (Å²) in [5, 5.41) is 7.34. The predicted molar refractivity (Wildman–Crippen MR) is 114 cm³/mol. The molecule has 0 fully saturated rings. The largest absolute Gasteiger partial charge is 0.494 e. The van der Waals surface area contributed by atoms with Crippen molar-refractivity contribution in [1.29, 1.82) is 0 Å². The van der Waals surface area contributed by atoms with Gasteiger partial charge in [-0.1, -0.05) is 60.7 Å². The quantitative estimate of drug-likeness (QED) is 0.452. The van der Waals surface area contributed by atoms with Gasteiger partial charge in [-0.15, -0.1) is 0 Å². The molecule has 0 spiro atoms. The van der Waals surface area contributed by atoms with E-state index >= 15 is 0 Å². The van der Waals surface area contributed by atoms with Gasteiger partial charge in [0.05, 0.1) is 25.1 Å². The van der Waals surface area contributed by atoms with Gasteiger partial charge in [-0.3, -0.25) is 4.79 Å². The van der Waals surface area contributed by atoms with E-state index in [1.165, 1.54) is 7.11 Å². The monoisotopic (exact) mass is 388 g/mol. The third-order valence-electron chi connectivity index (χ3n) is 5.07. The number of anilines is 2. The van der Waals surface area contributed by atoms with E-state index in [9.17, 15) is 4.79 Å². The number of carbonyl (C=O) groups is 1. The average molecular weight is 388 g/mol. The molecule has 1 heterocycles. The first kappa shape index (κ1) is 18.9. The van der Waals surface area contributed by atoms with Crippen LogP contribution in [0.15, 0.2) is 78.9 Å². The Morgan fingerprint density at radius 3 is 2.10 bits per heavy atom. The highest BCUT2D eigenvalue weighted by Gasteiger charge is 2.39. The number of benzene rings is 3. The van der Waals surface area contributed by atoms with Crippen LogP contribution in [0.2, 0.25) is 0 Å². The number of fused-ring (bicyclic) bond motifs is 1. The molecular formula is C24H24N2O3. The van der Waals surface area contributed by atoms with Crippen LogP contribution in [-0.2, 0) is 15.2 Å². The van der Waals surface area contributed by atoms with Crippen LogP contribution in [0.3, 0.4) is 0 Å². The van der Waals surface area contributed by atoms with Crippen LogP contribution in [-0.4, -0.2) is 19.7 Å². The maximum absolute atomic E-state index is 11.2. The molecule has 0 amide bonds. The van der Waals surface area contributed by atoms with Gasteiger partial charge in [-0.25, -0.2) is 0 Å². The minimum atomic E-state index is -0.547. The Kier molecular flexibility index (Phi) is 5.38. The molecular weight excluding hydrogens is 364 g/mol. The van der Waals surface area contributed by atoms with Crippen molar-refractivity contribution in [2.45, 2.75) is 18.5 Å². The second-order valence-electron chi connectivity index (χ2n) is 6.97. The van der Waals surface area contributed by atoms with E-state index in [4.69, 9.17) is 4.74 Å². The molecule has 4 rings (SSSR count). The van der Waals surface area contributed by atoms with Gasteiger partial charge in [0.15, 0.2) is 5.66 Å². The number of methoxy groups -OCH3 is 1. The Morgan fingerprint density at radius 2 is 1.48 bits per heavy atom. The van der Waals surface area contributed by atoms with Gasteiger partial charge in [0, 0.05) is 23.6 Å². The first-order chi connectivity index (χ1) is 14.2. The van der Waals surface area contributed by atoms with Crippen LogP contribution in [0, 0.1) is 0 Å². The maximum atomic E-state index is 11.2. The van der Waals surface area contributed by atoms with Gasteiger partial charge >= 0.3 is 5.97 Å². The van der Waals surface area contributed by atoms with Gasteiger partial charge in [-0.05, 0) is 18.6 Å². The summed E-state index contributed by atoms with van der Waals surface area (Å²) in [4.78, 5) is 11.2. The highest BCUT2D eigenvalue weighted by atomic mass is 16.5. The molecule has 29 heavy (non-hydrogen) atoms. The molecule has 3 aromatic rings. The number of hydrogen-bond acceptors (Lipinski definition) is 5. The normalized spacial score (nSPS) is 13.7. The van der Waals surface area contributed by atoms with Crippen molar-refractivity contribution in [2.75, 3.05) is 24.4 Å². The lowest BCUT2D eigenvalue weighted by molar-refractivity contribution is -0.140. The lowest BCUT2D eigenvalue weighted by Gasteiger charge is -2.32. The molecule has 0 aromatic heterocycles. The fraction of sp³-hybridized carbons (Fsp3) is 0.208. The van der Waals surface area contributed by atoms with Crippen LogP contribution in [0.5, 0.6) is 5.75 Å². The van der Waals surface area contributed by atoms with Crippen molar-refractivity contribution in [3.05, 3.63) is 90.0 Å². The summed E-state index contributed by atoms with van der Waals surface area (Å²) >= 11 is 0. The summed E-state index contributed by atoms with van der Waals surface area (Å²) < 4.78 is 10.5. The minimum absolute atomic E-state index is 0.219. The summed E-state index contributed by atoms with van der Waals surface area (Å²) in [5.41, 5.74) is 3.70. The zero-order valence-electron chi connectivity index (χ0n) is 16.4. The summed E-state index contributed by atoms with van der Waals surface area (Å²) in [6.07, 6.45) is 0.972. The van der Waals surface area contributed by atoms with E-state index in [2.05, 4.69) is 39.6 Å². The number of rotatable bonds is 7. The molecule has 148 valence electrons. The molecule has 5 nitrogen and oxygen atoms in total. The van der Waals surface area contributed by atoms with Crippen LogP contribution >= 0.6 is 0 Å². The maximum Gasteiger partial charge on any atom is 0.305 e. The number of carbonyl (C=O) groups excluding carboxylic acids is 1. The Bertz CT molecular complexity index is 934. The van der Waals surface area contributed by atoms with E-state index in [0.29, 0.717) is 19.4 Å². The fourth-order valence-corrected chi connectivity index (χ4v) is 3.60. The van der Waals surface area contributed by atoms with E-state index in [-0.39, 0.29) is 5.97 Å². The van der Waals surface area contributed by atoms with Gasteiger partial charge in [0.1, 0.15) is 5.75 Å². The lowest BCUT2D eigenvalue weighted by atomic mass is 9.92. The van der Waals surface area contributed by atoms with E-state index in [1.54, 1.807) is 0 Å². The topological polar surface area (TPSA) is 59.6 Å². The molecule has 1 aliphatic heterocycles. The van der Waals surface area contributed by atoms with Crippen molar-refractivity contribution < 1.29 is 14.3 Å². The molecule has 1 aliphatic rings. The number of nitrogens with one attached hydrogen (secondary N) is 2. The minimum Gasteiger partial charge on any atom is -0.494 e. The SMILES string of the molecule is COC(=O)CCCOc1ccc2c(c1)NC(c1ccccc1)(c1ccccc1)N2. The molecule has 2 N–H and O–H groups in total. The molecule has 0 atom stereocenters. The number of esters is 1. The zero-order chi connectivity index (χ0) is 20.1. The lowest BCUT2D eigenvalue weighted by Crippen LogP contribution is -2.39. The van der Waals surface area contributed by atoms with Crippen LogP contribution in [0.1, 0.15) is 24.0 Å². The standard InChI is InChI=1S/C24H24N2O3/c1-28-23(27)13-8-16-29-20-14-15-21-22(17-20)26-24(25-21,18-9-4-2-5-10-18)19-11-6-3-7-12-19/h2-7,9-12,14-15,17,25-26H,8,13,16H2,1H3. The molecule has 0 radical (unpaired) electrons. The molecule has 0 aliphatic carbocycles. The van der Waals surface area contributed by atoms with Crippen molar-refractivity contribution in [1.82, 2.24) is 0 Å². The van der Waals surface area contributed by atoms with E-state index in [1.807, 2.05) is 54.6 Å². The number of hydrogen-bond donors (Lipinski definition) is 2. The average Bonchev–Trinajstić information content (AvgIpc) is 3.18. The van der Waals surface area contributed by atoms with Gasteiger partial charge in [-0.2, -0.15) is 0 Å². The molecule has 0 saturated heterocycles. The molecule has 3 aromatic carbocycles. The van der Waals surface area contributed by atoms with Crippen molar-refractivity contribution in [3.8, 4) is 5.75 Å². The van der Waals surface area contributed by atoms with Gasteiger partial charge in [0.25, 0.3) is 0 Å². The Balaban J connectivity index is 1.56. The second kappa shape index (κ2) is 8.27. The summed E-state index contributed by atoms with van der Waals surface area (Å²) in [6, 6.07) is 26.6. The fourth-order valence-electron chi connectivity index (χ4n) is 3.60. The van der Waals surface area contributed by atoms with Crippen molar-refractivity contribution in [2.24, 2.45) is 0 Å². The third-order valence-corrected chi connectivity index (χ3v) is 5.07. The van der Waals surface area contributed by atoms with Crippen molar-refractivity contribution >= 4 is 17.3 Å². The van der Waals surface area contributed by atoms with E-state index < -0.39 is 5.66 Å². The molecule has 0 unspecified atom stereocenters. The Morgan fingerprint density at radius 1 is 0.862 bits per heavy atom. The van der Waals surface area contributed by atoms with Gasteiger partial charge < -0.3 is 20.1 Å². The summed E-state index contributed by atoms with van der Waals surface area (Å²) in [6.45, 7) is 0.462. The Hall–Kier alpha value is -3.47. The highest BCUT2D eigenvalue weighted by Crippen LogP contribution is 2.44. The van der Waals surface area contributed by atoms with Crippen LogP contribution < -0.4 is 15.4 Å². The van der Waals surface area contributed by atoms with Gasteiger partial charge in [0.2, 0.25) is 0 Å². The van der Waals surface area contributed by atoms with Crippen LogP contribution in [0.4, 0.5) is 11.4 Å². The summed E-state index contributed by atoms with van der Waals surface area (Å²) in [7, 11) is 1.40.